The molecule has 0 saturated carbocycles. The van der Waals surface area contributed by atoms with Crippen molar-refractivity contribution in [2.24, 2.45) is 0 Å². The van der Waals surface area contributed by atoms with E-state index in [4.69, 9.17) is 22.4 Å². The van der Waals surface area contributed by atoms with Crippen molar-refractivity contribution in [1.82, 2.24) is 0 Å². The lowest BCUT2D eigenvalue weighted by atomic mass is 9.86. The summed E-state index contributed by atoms with van der Waals surface area (Å²) in [5, 5.41) is 10.6. The zero-order chi connectivity index (χ0) is 28.4. The molecule has 1 aliphatic carbocycles. The van der Waals surface area contributed by atoms with Crippen molar-refractivity contribution < 1.29 is 27.2 Å². The number of fused-ring (bicyclic) bond motifs is 1. The van der Waals surface area contributed by atoms with Gasteiger partial charge < -0.3 is 22.4 Å². The van der Waals surface area contributed by atoms with E-state index < -0.39 is 31.2 Å². The molecule has 0 heterocycles. The Morgan fingerprint density at radius 2 is 1.62 bits per heavy atom. The molecule has 37 heavy (non-hydrogen) atoms. The van der Waals surface area contributed by atoms with Crippen LogP contribution in [0.25, 0.3) is 5.57 Å². The third-order valence-corrected chi connectivity index (χ3v) is 15.4. The van der Waals surface area contributed by atoms with Crippen LogP contribution in [0.1, 0.15) is 38.3 Å². The van der Waals surface area contributed by atoms with Crippen molar-refractivity contribution in [3.05, 3.63) is 40.6 Å². The molecule has 2 rings (SSSR count). The van der Waals surface area contributed by atoms with Gasteiger partial charge in [-0.1, -0.05) is 20.4 Å². The number of hydrogen-bond donors (Lipinski definition) is 0. The third kappa shape index (κ3) is 7.67. The summed E-state index contributed by atoms with van der Waals surface area (Å²) < 4.78 is 30.3. The fraction of sp³-hybridized carbons (Fsp3) is 0.556. The monoisotopic (exact) mass is 561 g/mol. The summed E-state index contributed by atoms with van der Waals surface area (Å²) in [5.74, 6) is 0.487. The average molecular weight is 562 g/mol. The van der Waals surface area contributed by atoms with Crippen LogP contribution < -0.4 is 9.47 Å². The molecule has 0 spiro atoms. The molecular weight excluding hydrogens is 519 g/mol. The molecule has 1 aromatic carbocycles. The first-order valence-electron chi connectivity index (χ1n) is 12.6. The fourth-order valence-electron chi connectivity index (χ4n) is 4.57. The van der Waals surface area contributed by atoms with Gasteiger partial charge in [0.25, 0.3) is 0 Å². The van der Waals surface area contributed by atoms with E-state index in [0.29, 0.717) is 23.5 Å². The van der Waals surface area contributed by atoms with E-state index in [0.717, 1.165) is 16.3 Å². The molecule has 10 heteroatoms. The quantitative estimate of drug-likeness (QED) is 0.132. The van der Waals surface area contributed by atoms with E-state index in [2.05, 4.69) is 72.3 Å². The van der Waals surface area contributed by atoms with Crippen LogP contribution in [-0.4, -0.2) is 51.5 Å². The maximum atomic E-state index is 12.5. The van der Waals surface area contributed by atoms with Gasteiger partial charge in [-0.3, -0.25) is 0 Å². The number of allylic oxidation sites excluding steroid dienone is 1. The van der Waals surface area contributed by atoms with E-state index in [1.165, 1.54) is 0 Å². The Balaban J connectivity index is 2.47. The smallest absolute Gasteiger partial charge is 0.349 e. The van der Waals surface area contributed by atoms with E-state index in [9.17, 15) is 10.1 Å². The minimum Gasteiger partial charge on any atom is -0.493 e. The van der Waals surface area contributed by atoms with Gasteiger partial charge in [0.15, 0.2) is 28.1 Å². The molecular formula is C27H43NO6Si3. The Kier molecular flexibility index (Phi) is 9.47. The number of nitriles is 1. The normalized spacial score (nSPS) is 16.5. The standard InChI is InChI=1S/C27H43NO6Si3/c1-13-31-26(29)22(17-28)21-16-27(3,4)23-15-25(24(30-5)14-20(21)23)32-18-19(2)37(12,33-35(6,7)8)34-36(9,10)11/h14-15H,2,13,16,18H2,1,3-12H3/b22-21+. The number of esters is 1. The molecule has 204 valence electrons. The van der Waals surface area contributed by atoms with E-state index in [1.54, 1.807) is 14.0 Å². The van der Waals surface area contributed by atoms with Crippen LogP contribution in [0, 0.1) is 11.3 Å². The summed E-state index contributed by atoms with van der Waals surface area (Å²) in [5.41, 5.74) is 2.18. The number of carbonyl (C=O) groups is 1. The van der Waals surface area contributed by atoms with Crippen LogP contribution in [0.4, 0.5) is 0 Å². The Labute approximate surface area is 225 Å². The highest BCUT2D eigenvalue weighted by molar-refractivity contribution is 6.90. The molecule has 0 N–H and O–H groups in total. The largest absolute Gasteiger partial charge is 0.493 e. The number of hydrogen-bond acceptors (Lipinski definition) is 7. The number of ether oxygens (including phenoxy) is 3. The van der Waals surface area contributed by atoms with Crippen LogP contribution in [0.2, 0.25) is 45.8 Å². The lowest BCUT2D eigenvalue weighted by Crippen LogP contribution is -2.54. The second kappa shape index (κ2) is 11.3. The molecule has 0 bridgehead atoms. The van der Waals surface area contributed by atoms with Gasteiger partial charge in [-0.25, -0.2) is 4.79 Å². The maximum absolute atomic E-state index is 12.5. The molecule has 1 aromatic rings. The third-order valence-electron chi connectivity index (χ3n) is 5.92. The summed E-state index contributed by atoms with van der Waals surface area (Å²) in [6, 6.07) is 5.86. The van der Waals surface area contributed by atoms with Crippen LogP contribution in [0.5, 0.6) is 11.5 Å². The summed E-state index contributed by atoms with van der Waals surface area (Å²) in [4.78, 5) is 12.5. The zero-order valence-corrected chi connectivity index (χ0v) is 27.4. The molecule has 7 nitrogen and oxygen atoms in total. The van der Waals surface area contributed by atoms with Crippen molar-refractivity contribution in [1.29, 1.82) is 5.26 Å². The lowest BCUT2D eigenvalue weighted by molar-refractivity contribution is -0.137. The van der Waals surface area contributed by atoms with E-state index in [-0.39, 0.29) is 24.2 Å². The molecule has 0 unspecified atom stereocenters. The lowest BCUT2D eigenvalue weighted by Gasteiger charge is -2.39. The number of nitrogens with zero attached hydrogens (tertiary/aromatic N) is 1. The molecule has 0 radical (unpaired) electrons. The van der Waals surface area contributed by atoms with Gasteiger partial charge >= 0.3 is 14.5 Å². The molecule has 0 amide bonds. The minimum atomic E-state index is -2.74. The Hall–Kier alpha value is -2.17. The summed E-state index contributed by atoms with van der Waals surface area (Å²) >= 11 is 0. The van der Waals surface area contributed by atoms with E-state index >= 15 is 0 Å². The summed E-state index contributed by atoms with van der Waals surface area (Å²) in [6.45, 7) is 25.7. The average Bonchev–Trinajstić information content (AvgIpc) is 2.99. The second-order valence-electron chi connectivity index (χ2n) is 12.1. The molecule has 0 saturated heterocycles. The predicted molar refractivity (Wildman–Crippen MR) is 155 cm³/mol. The summed E-state index contributed by atoms with van der Waals surface area (Å²) in [7, 11) is -4.97. The van der Waals surface area contributed by atoms with Crippen molar-refractivity contribution in [3.63, 3.8) is 0 Å². The zero-order valence-electron chi connectivity index (χ0n) is 24.4. The van der Waals surface area contributed by atoms with Crippen LogP contribution in [-0.2, 0) is 23.2 Å². The van der Waals surface area contributed by atoms with Gasteiger partial charge in [0.05, 0.1) is 13.7 Å². The number of rotatable bonds is 11. The molecule has 1 aliphatic rings. The van der Waals surface area contributed by atoms with Crippen LogP contribution in [0.15, 0.2) is 29.5 Å². The first kappa shape index (κ1) is 31.1. The molecule has 0 aliphatic heterocycles. The van der Waals surface area contributed by atoms with Crippen molar-refractivity contribution >= 4 is 36.7 Å². The summed E-state index contributed by atoms with van der Waals surface area (Å²) in [6.07, 6.45) is 0.530. The second-order valence-corrected chi connectivity index (χ2v) is 24.7. The van der Waals surface area contributed by atoms with Gasteiger partial charge in [0.2, 0.25) is 0 Å². The number of carbonyl (C=O) groups excluding carboxylic acids is 1. The van der Waals surface area contributed by atoms with Crippen LogP contribution >= 0.6 is 0 Å². The topological polar surface area (TPSA) is 87.0 Å². The maximum Gasteiger partial charge on any atom is 0.349 e. The van der Waals surface area contributed by atoms with Crippen LogP contribution in [0.3, 0.4) is 0 Å². The van der Waals surface area contributed by atoms with Crippen molar-refractivity contribution in [2.75, 3.05) is 20.3 Å². The highest BCUT2D eigenvalue weighted by Gasteiger charge is 2.43. The van der Waals surface area contributed by atoms with E-state index in [1.807, 2.05) is 12.1 Å². The molecule has 0 fully saturated rings. The Morgan fingerprint density at radius 1 is 1.05 bits per heavy atom. The first-order chi connectivity index (χ1) is 16.9. The Bertz CT molecular complexity index is 1110. The van der Waals surface area contributed by atoms with Gasteiger partial charge in [0.1, 0.15) is 18.2 Å². The fourth-order valence-corrected chi connectivity index (χ4v) is 15.9. The highest BCUT2D eigenvalue weighted by atomic mass is 28.5. The van der Waals surface area contributed by atoms with Crippen molar-refractivity contribution in [2.45, 2.75) is 78.4 Å². The molecule has 0 aromatic heterocycles. The molecule has 0 atom stereocenters. The predicted octanol–water partition coefficient (Wildman–Crippen LogP) is 6.47. The Morgan fingerprint density at radius 3 is 2.08 bits per heavy atom. The van der Waals surface area contributed by atoms with Gasteiger partial charge in [0, 0.05) is 5.20 Å². The van der Waals surface area contributed by atoms with Gasteiger partial charge in [-0.2, -0.15) is 5.26 Å². The minimum absolute atomic E-state index is 0.0338. The van der Waals surface area contributed by atoms with Crippen molar-refractivity contribution in [3.8, 4) is 17.6 Å². The van der Waals surface area contributed by atoms with Gasteiger partial charge in [-0.05, 0) is 93.4 Å². The van der Waals surface area contributed by atoms with Gasteiger partial charge in [-0.15, -0.1) is 0 Å². The number of methoxy groups -OCH3 is 1. The first-order valence-corrected chi connectivity index (χ1v) is 21.8. The highest BCUT2D eigenvalue weighted by Crippen LogP contribution is 2.50. The number of benzene rings is 1. The SMILES string of the molecule is C=C(COc1cc2c(cc1OC)/C(=C(\C#N)C(=O)OCC)CC2(C)C)[Si](C)(O[Si](C)(C)C)O[Si](C)(C)C.